The maximum atomic E-state index is 5.38. The highest BCUT2D eigenvalue weighted by Crippen LogP contribution is 2.26. The first kappa shape index (κ1) is 22.2. The lowest BCUT2D eigenvalue weighted by molar-refractivity contribution is 0.312. The first-order chi connectivity index (χ1) is 16.6. The molecule has 0 bridgehead atoms. The molecule has 1 aliphatic rings. The number of nitrogens with zero attached hydrogens (tertiary/aromatic N) is 5. The van der Waals surface area contributed by atoms with Crippen LogP contribution < -0.4 is 14.4 Å². The molecule has 0 atom stereocenters. The van der Waals surface area contributed by atoms with Crippen molar-refractivity contribution in [1.82, 2.24) is 24.8 Å². The van der Waals surface area contributed by atoms with E-state index in [0.717, 1.165) is 90.0 Å². The molecular formula is C26H30N6O2. The van der Waals surface area contributed by atoms with Crippen LogP contribution in [0.3, 0.4) is 0 Å². The number of nitrogens with one attached hydrogen (secondary N) is 1. The van der Waals surface area contributed by atoms with Gasteiger partial charge in [-0.25, -0.2) is 15.0 Å². The van der Waals surface area contributed by atoms with Gasteiger partial charge in [-0.15, -0.1) is 0 Å². The second kappa shape index (κ2) is 9.69. The average molecular weight is 459 g/mol. The third kappa shape index (κ3) is 4.82. The second-order valence-electron chi connectivity index (χ2n) is 8.69. The van der Waals surface area contributed by atoms with Crippen molar-refractivity contribution in [3.63, 3.8) is 0 Å². The van der Waals surface area contributed by atoms with E-state index < -0.39 is 0 Å². The van der Waals surface area contributed by atoms with E-state index in [4.69, 9.17) is 14.5 Å². The third-order valence-corrected chi connectivity index (χ3v) is 6.35. The number of methoxy groups -OCH3 is 2. The van der Waals surface area contributed by atoms with E-state index in [1.165, 1.54) is 0 Å². The van der Waals surface area contributed by atoms with Gasteiger partial charge in [-0.05, 0) is 55.8 Å². The Bertz CT molecular complexity index is 1260. The molecule has 0 aliphatic carbocycles. The number of hydrogen-bond acceptors (Lipinski definition) is 7. The lowest BCUT2D eigenvalue weighted by Crippen LogP contribution is -2.44. The first-order valence-corrected chi connectivity index (χ1v) is 11.6. The van der Waals surface area contributed by atoms with Gasteiger partial charge in [-0.1, -0.05) is 0 Å². The molecule has 0 spiro atoms. The summed E-state index contributed by atoms with van der Waals surface area (Å²) in [5.41, 5.74) is 5.85. The molecule has 1 aromatic carbocycles. The number of pyridine rings is 1. The van der Waals surface area contributed by atoms with Crippen LogP contribution in [-0.2, 0) is 12.8 Å². The molecule has 5 rings (SSSR count). The van der Waals surface area contributed by atoms with E-state index in [2.05, 4.69) is 43.9 Å². The minimum absolute atomic E-state index is 0.780. The van der Waals surface area contributed by atoms with E-state index in [0.29, 0.717) is 0 Å². The molecule has 4 aromatic rings. The van der Waals surface area contributed by atoms with Crippen LogP contribution in [0.25, 0.3) is 22.4 Å². The number of fused-ring (bicyclic) bond motifs is 1. The number of rotatable bonds is 7. The van der Waals surface area contributed by atoms with Crippen LogP contribution in [0.2, 0.25) is 0 Å². The second-order valence-corrected chi connectivity index (χ2v) is 8.69. The molecule has 1 aliphatic heterocycles. The van der Waals surface area contributed by atoms with E-state index >= 15 is 0 Å². The molecule has 0 amide bonds. The van der Waals surface area contributed by atoms with Crippen molar-refractivity contribution in [2.75, 3.05) is 52.3 Å². The summed E-state index contributed by atoms with van der Waals surface area (Å²) in [5.74, 6) is 2.60. The number of benzene rings is 1. The summed E-state index contributed by atoms with van der Waals surface area (Å²) < 4.78 is 10.8. The molecule has 0 unspecified atom stereocenters. The van der Waals surface area contributed by atoms with Gasteiger partial charge in [0.25, 0.3) is 0 Å². The summed E-state index contributed by atoms with van der Waals surface area (Å²) in [6, 6.07) is 12.2. The molecule has 34 heavy (non-hydrogen) atoms. The summed E-state index contributed by atoms with van der Waals surface area (Å²) in [6.07, 6.45) is 5.33. The molecule has 3 aromatic heterocycles. The predicted octanol–water partition coefficient (Wildman–Crippen LogP) is 3.57. The van der Waals surface area contributed by atoms with Gasteiger partial charge in [-0.2, -0.15) is 0 Å². The Morgan fingerprint density at radius 1 is 0.912 bits per heavy atom. The lowest BCUT2D eigenvalue weighted by Gasteiger charge is -2.33. The van der Waals surface area contributed by atoms with Gasteiger partial charge in [0.15, 0.2) is 5.65 Å². The minimum Gasteiger partial charge on any atom is -0.497 e. The fourth-order valence-corrected chi connectivity index (χ4v) is 4.29. The standard InChI is InChI=1S/C26H30N6O2/c1-31-8-10-32(11-9-31)25-14-19(6-7-27-25)23-16-24-26(30-23)28-17-20(29-24)5-4-18-12-21(33-2)15-22(13-18)34-3/h6-7,12-17H,4-5,8-11H2,1-3H3,(H,28,30). The number of anilines is 1. The van der Waals surface area contributed by atoms with Gasteiger partial charge in [0.2, 0.25) is 0 Å². The SMILES string of the molecule is COc1cc(CCc2cnc3[nH]c(-c4ccnc(N5CCN(C)CC5)c4)cc3n2)cc(OC)c1. The summed E-state index contributed by atoms with van der Waals surface area (Å²) in [5, 5.41) is 0. The summed E-state index contributed by atoms with van der Waals surface area (Å²) >= 11 is 0. The zero-order chi connectivity index (χ0) is 23.5. The van der Waals surface area contributed by atoms with Gasteiger partial charge in [0.05, 0.1) is 26.1 Å². The largest absolute Gasteiger partial charge is 0.497 e. The number of aryl methyl sites for hydroxylation is 2. The van der Waals surface area contributed by atoms with Crippen LogP contribution in [0.1, 0.15) is 11.3 Å². The quantitative estimate of drug-likeness (QED) is 0.453. The van der Waals surface area contributed by atoms with Crippen LogP contribution in [0.5, 0.6) is 11.5 Å². The molecule has 1 N–H and O–H groups in total. The minimum atomic E-state index is 0.780. The number of likely N-dealkylation sites (N-methyl/N-ethyl adjacent to an activating group) is 1. The van der Waals surface area contributed by atoms with E-state index in [-0.39, 0.29) is 0 Å². The summed E-state index contributed by atoms with van der Waals surface area (Å²) in [7, 11) is 5.49. The average Bonchev–Trinajstić information content (AvgIpc) is 3.31. The zero-order valence-electron chi connectivity index (χ0n) is 19.9. The Kier molecular flexibility index (Phi) is 6.31. The maximum Gasteiger partial charge on any atom is 0.156 e. The monoisotopic (exact) mass is 458 g/mol. The van der Waals surface area contributed by atoms with Gasteiger partial charge < -0.3 is 24.3 Å². The van der Waals surface area contributed by atoms with Crippen molar-refractivity contribution in [3.8, 4) is 22.8 Å². The van der Waals surface area contributed by atoms with Crippen molar-refractivity contribution in [1.29, 1.82) is 0 Å². The first-order valence-electron chi connectivity index (χ1n) is 11.6. The van der Waals surface area contributed by atoms with Crippen molar-refractivity contribution >= 4 is 17.0 Å². The Balaban J connectivity index is 1.33. The van der Waals surface area contributed by atoms with Crippen LogP contribution in [-0.4, -0.2) is 72.3 Å². The van der Waals surface area contributed by atoms with Crippen molar-refractivity contribution in [3.05, 3.63) is 60.0 Å². The summed E-state index contributed by atoms with van der Waals surface area (Å²) in [4.78, 5) is 22.2. The predicted molar refractivity (Wildman–Crippen MR) is 134 cm³/mol. The van der Waals surface area contributed by atoms with Gasteiger partial charge in [0.1, 0.15) is 22.8 Å². The number of aromatic amines is 1. The Morgan fingerprint density at radius 2 is 1.68 bits per heavy atom. The lowest BCUT2D eigenvalue weighted by atomic mass is 10.1. The van der Waals surface area contributed by atoms with Crippen LogP contribution in [0.15, 0.2) is 48.8 Å². The Labute approximate surface area is 199 Å². The number of H-pyrrole nitrogens is 1. The third-order valence-electron chi connectivity index (χ3n) is 6.35. The van der Waals surface area contributed by atoms with Crippen LogP contribution >= 0.6 is 0 Å². The van der Waals surface area contributed by atoms with Crippen LogP contribution in [0.4, 0.5) is 5.82 Å². The molecule has 176 valence electrons. The molecule has 1 saturated heterocycles. The number of ether oxygens (including phenoxy) is 2. The van der Waals surface area contributed by atoms with Crippen molar-refractivity contribution in [2.24, 2.45) is 0 Å². The smallest absolute Gasteiger partial charge is 0.156 e. The maximum absolute atomic E-state index is 5.38. The van der Waals surface area contributed by atoms with E-state index in [1.807, 2.05) is 36.7 Å². The highest BCUT2D eigenvalue weighted by atomic mass is 16.5. The zero-order valence-corrected chi connectivity index (χ0v) is 19.9. The van der Waals surface area contributed by atoms with E-state index in [1.54, 1.807) is 14.2 Å². The summed E-state index contributed by atoms with van der Waals surface area (Å²) in [6.45, 7) is 4.09. The molecule has 1 fully saturated rings. The van der Waals surface area contributed by atoms with Crippen molar-refractivity contribution in [2.45, 2.75) is 12.8 Å². The fraction of sp³-hybridized carbons (Fsp3) is 0.346. The molecule has 8 heteroatoms. The molecule has 0 radical (unpaired) electrons. The van der Waals surface area contributed by atoms with Crippen LogP contribution in [0, 0.1) is 0 Å². The normalized spacial score (nSPS) is 14.5. The van der Waals surface area contributed by atoms with Gasteiger partial charge in [-0.3, -0.25) is 0 Å². The number of piperazine rings is 1. The number of hydrogen-bond donors (Lipinski definition) is 1. The number of aromatic nitrogens is 4. The Hall–Kier alpha value is -3.65. The highest BCUT2D eigenvalue weighted by Gasteiger charge is 2.16. The Morgan fingerprint density at radius 3 is 2.41 bits per heavy atom. The molecule has 4 heterocycles. The van der Waals surface area contributed by atoms with Crippen molar-refractivity contribution < 1.29 is 9.47 Å². The van der Waals surface area contributed by atoms with E-state index in [9.17, 15) is 0 Å². The molecule has 8 nitrogen and oxygen atoms in total. The van der Waals surface area contributed by atoms with Gasteiger partial charge >= 0.3 is 0 Å². The molecular weight excluding hydrogens is 428 g/mol. The topological polar surface area (TPSA) is 79.4 Å². The highest BCUT2D eigenvalue weighted by molar-refractivity contribution is 5.80. The molecule has 0 saturated carbocycles. The fourth-order valence-electron chi connectivity index (χ4n) is 4.29. The van der Waals surface area contributed by atoms with Gasteiger partial charge in [0, 0.05) is 49.7 Å².